The van der Waals surface area contributed by atoms with Crippen molar-refractivity contribution in [2.45, 2.75) is 19.0 Å². The molecule has 1 heterocycles. The number of hydrogen-bond acceptors (Lipinski definition) is 3. The molecule has 1 aromatic carbocycles. The van der Waals surface area contributed by atoms with Gasteiger partial charge in [0.1, 0.15) is 0 Å². The topological polar surface area (TPSA) is 70.7 Å². The summed E-state index contributed by atoms with van der Waals surface area (Å²) in [6.45, 7) is 2.06. The molecule has 6 heteroatoms. The molecule has 2 N–H and O–H groups in total. The summed E-state index contributed by atoms with van der Waals surface area (Å²) in [5.41, 5.74) is 1.09. The third-order valence-corrected chi connectivity index (χ3v) is 3.36. The Morgan fingerprint density at radius 2 is 2.14 bits per heavy atom. The Labute approximate surface area is 124 Å². The molecular weight excluding hydrogens is 270 g/mol. The molecule has 0 bridgehead atoms. The first-order valence-electron chi connectivity index (χ1n) is 7.04. The lowest BCUT2D eigenvalue weighted by molar-refractivity contribution is -0.128. The minimum absolute atomic E-state index is 0.0704. The molecule has 1 fully saturated rings. The highest BCUT2D eigenvalue weighted by molar-refractivity contribution is 5.81. The second-order valence-electron chi connectivity index (χ2n) is 5.05. The highest BCUT2D eigenvalue weighted by Gasteiger charge is 2.30. The van der Waals surface area contributed by atoms with Gasteiger partial charge in [0.05, 0.1) is 12.6 Å². The third-order valence-electron chi connectivity index (χ3n) is 3.36. The van der Waals surface area contributed by atoms with Crippen LogP contribution in [0.5, 0.6) is 0 Å². The minimum Gasteiger partial charge on any atom is -0.383 e. The summed E-state index contributed by atoms with van der Waals surface area (Å²) in [5, 5.41) is 5.50. The van der Waals surface area contributed by atoms with Crippen molar-refractivity contribution >= 4 is 11.9 Å². The van der Waals surface area contributed by atoms with Crippen molar-refractivity contribution in [2.24, 2.45) is 0 Å². The molecule has 0 saturated carbocycles. The molecule has 21 heavy (non-hydrogen) atoms. The zero-order chi connectivity index (χ0) is 15.1. The number of likely N-dealkylation sites (tertiary alicyclic amines) is 1. The van der Waals surface area contributed by atoms with E-state index in [0.29, 0.717) is 32.7 Å². The first-order chi connectivity index (χ1) is 10.2. The van der Waals surface area contributed by atoms with Gasteiger partial charge in [-0.1, -0.05) is 30.3 Å². The zero-order valence-corrected chi connectivity index (χ0v) is 12.2. The average molecular weight is 291 g/mol. The summed E-state index contributed by atoms with van der Waals surface area (Å²) >= 11 is 0. The normalized spacial score (nSPS) is 17.9. The monoisotopic (exact) mass is 291 g/mol. The first-order valence-corrected chi connectivity index (χ1v) is 7.04. The summed E-state index contributed by atoms with van der Waals surface area (Å²) < 4.78 is 4.86. The molecular formula is C15H21N3O3. The second kappa shape index (κ2) is 7.64. The van der Waals surface area contributed by atoms with E-state index < -0.39 is 0 Å². The largest absolute Gasteiger partial charge is 0.383 e. The lowest BCUT2D eigenvalue weighted by atomic mass is 10.2. The number of nitrogens with one attached hydrogen (secondary N) is 2. The van der Waals surface area contributed by atoms with Gasteiger partial charge in [-0.3, -0.25) is 4.79 Å². The van der Waals surface area contributed by atoms with Gasteiger partial charge in [-0.2, -0.15) is 0 Å². The van der Waals surface area contributed by atoms with Gasteiger partial charge < -0.3 is 20.3 Å². The lowest BCUT2D eigenvalue weighted by Crippen LogP contribution is -2.44. The third kappa shape index (κ3) is 4.75. The maximum Gasteiger partial charge on any atom is 0.315 e. The molecule has 114 valence electrons. The summed E-state index contributed by atoms with van der Waals surface area (Å²) in [4.78, 5) is 25.4. The van der Waals surface area contributed by atoms with Crippen LogP contribution in [0.4, 0.5) is 4.79 Å². The van der Waals surface area contributed by atoms with E-state index in [0.717, 1.165) is 5.56 Å². The second-order valence-corrected chi connectivity index (χ2v) is 5.05. The van der Waals surface area contributed by atoms with Crippen LogP contribution < -0.4 is 10.6 Å². The van der Waals surface area contributed by atoms with Crippen LogP contribution in [-0.4, -0.2) is 49.7 Å². The molecule has 0 aromatic heterocycles. The van der Waals surface area contributed by atoms with Gasteiger partial charge in [0.15, 0.2) is 0 Å². The van der Waals surface area contributed by atoms with E-state index in [9.17, 15) is 9.59 Å². The fourth-order valence-corrected chi connectivity index (χ4v) is 2.33. The maximum absolute atomic E-state index is 12.0. The van der Waals surface area contributed by atoms with E-state index in [-0.39, 0.29) is 18.0 Å². The van der Waals surface area contributed by atoms with E-state index in [1.54, 1.807) is 12.0 Å². The number of benzene rings is 1. The van der Waals surface area contributed by atoms with Crippen LogP contribution in [0.2, 0.25) is 0 Å². The number of hydrogen-bond donors (Lipinski definition) is 2. The SMILES string of the molecule is COCCNC(=O)N[C@@H]1CC(=O)N(Cc2ccccc2)C1. The molecule has 3 amide bonds. The molecule has 1 aliphatic rings. The predicted molar refractivity (Wildman–Crippen MR) is 78.7 cm³/mol. The van der Waals surface area contributed by atoms with Crippen LogP contribution in [-0.2, 0) is 16.1 Å². The summed E-state index contributed by atoms with van der Waals surface area (Å²) in [6, 6.07) is 9.44. The van der Waals surface area contributed by atoms with Crippen molar-refractivity contribution in [1.29, 1.82) is 0 Å². The van der Waals surface area contributed by atoms with Crippen molar-refractivity contribution in [1.82, 2.24) is 15.5 Å². The van der Waals surface area contributed by atoms with E-state index in [1.165, 1.54) is 0 Å². The highest BCUT2D eigenvalue weighted by atomic mass is 16.5. The number of amides is 3. The molecule has 2 rings (SSSR count). The molecule has 1 aliphatic heterocycles. The average Bonchev–Trinajstić information content (AvgIpc) is 2.80. The summed E-state index contributed by atoms with van der Waals surface area (Å²) in [5.74, 6) is 0.0704. The number of rotatable bonds is 6. The van der Waals surface area contributed by atoms with Crippen LogP contribution in [0.15, 0.2) is 30.3 Å². The Morgan fingerprint density at radius 1 is 1.38 bits per heavy atom. The Balaban J connectivity index is 1.78. The first kappa shape index (κ1) is 15.3. The van der Waals surface area contributed by atoms with Gasteiger partial charge in [-0.25, -0.2) is 4.79 Å². The van der Waals surface area contributed by atoms with Gasteiger partial charge in [-0.05, 0) is 5.56 Å². The van der Waals surface area contributed by atoms with Crippen LogP contribution >= 0.6 is 0 Å². The standard InChI is InChI=1S/C15H21N3O3/c1-21-8-7-16-15(20)17-13-9-14(19)18(11-13)10-12-5-3-2-4-6-12/h2-6,13H,7-11H2,1H3,(H2,16,17,20)/t13-/m1/s1. The fraction of sp³-hybridized carbons (Fsp3) is 0.467. The van der Waals surface area contributed by atoms with Gasteiger partial charge in [0.2, 0.25) is 5.91 Å². The van der Waals surface area contributed by atoms with Crippen LogP contribution in [0, 0.1) is 0 Å². The number of carbonyl (C=O) groups is 2. The molecule has 0 aliphatic carbocycles. The number of ether oxygens (including phenoxy) is 1. The maximum atomic E-state index is 12.0. The van der Waals surface area contributed by atoms with Crippen molar-refractivity contribution < 1.29 is 14.3 Å². The minimum atomic E-state index is -0.258. The van der Waals surface area contributed by atoms with Crippen molar-refractivity contribution in [3.8, 4) is 0 Å². The molecule has 0 radical (unpaired) electrons. The Kier molecular flexibility index (Phi) is 5.57. The highest BCUT2D eigenvalue weighted by Crippen LogP contribution is 2.14. The number of carbonyl (C=O) groups excluding carboxylic acids is 2. The fourth-order valence-electron chi connectivity index (χ4n) is 2.33. The zero-order valence-electron chi connectivity index (χ0n) is 12.2. The predicted octanol–water partition coefficient (Wildman–Crippen LogP) is 0.733. The van der Waals surface area contributed by atoms with Gasteiger partial charge >= 0.3 is 6.03 Å². The van der Waals surface area contributed by atoms with E-state index in [2.05, 4.69) is 10.6 Å². The quantitative estimate of drug-likeness (QED) is 0.759. The molecule has 0 spiro atoms. The summed E-state index contributed by atoms with van der Waals surface area (Å²) in [7, 11) is 1.58. The smallest absolute Gasteiger partial charge is 0.315 e. The molecule has 1 atom stereocenters. The number of methoxy groups -OCH3 is 1. The van der Waals surface area contributed by atoms with Gasteiger partial charge in [0.25, 0.3) is 0 Å². The van der Waals surface area contributed by atoms with Gasteiger partial charge in [0, 0.05) is 33.2 Å². The molecule has 6 nitrogen and oxygen atoms in total. The lowest BCUT2D eigenvalue weighted by Gasteiger charge is -2.17. The van der Waals surface area contributed by atoms with Crippen molar-refractivity contribution in [3.05, 3.63) is 35.9 Å². The Morgan fingerprint density at radius 3 is 2.86 bits per heavy atom. The van der Waals surface area contributed by atoms with Crippen LogP contribution in [0.25, 0.3) is 0 Å². The van der Waals surface area contributed by atoms with Crippen molar-refractivity contribution in [2.75, 3.05) is 26.8 Å². The Bertz CT molecular complexity index is 478. The van der Waals surface area contributed by atoms with Crippen molar-refractivity contribution in [3.63, 3.8) is 0 Å². The molecule has 1 aromatic rings. The van der Waals surface area contributed by atoms with Gasteiger partial charge in [-0.15, -0.1) is 0 Å². The van der Waals surface area contributed by atoms with Crippen LogP contribution in [0.1, 0.15) is 12.0 Å². The van der Waals surface area contributed by atoms with E-state index in [4.69, 9.17) is 4.74 Å². The van der Waals surface area contributed by atoms with Crippen LogP contribution in [0.3, 0.4) is 0 Å². The number of nitrogens with zero attached hydrogens (tertiary/aromatic N) is 1. The summed E-state index contributed by atoms with van der Waals surface area (Å²) in [6.07, 6.45) is 0.352. The van der Waals surface area contributed by atoms with E-state index in [1.807, 2.05) is 30.3 Å². The molecule has 1 saturated heterocycles. The van der Waals surface area contributed by atoms with E-state index >= 15 is 0 Å². The molecule has 0 unspecified atom stereocenters. The number of urea groups is 1. The Hall–Kier alpha value is -2.08.